The maximum absolute atomic E-state index is 2.44. The monoisotopic (exact) mass is 762 g/mol. The molecule has 0 nitrogen and oxygen atoms in total. The summed E-state index contributed by atoms with van der Waals surface area (Å²) >= 11 is 1.91. The Morgan fingerprint density at radius 3 is 1.47 bits per heavy atom. The van der Waals surface area contributed by atoms with Gasteiger partial charge >= 0.3 is 0 Å². The third-order valence-electron chi connectivity index (χ3n) is 12.7. The third-order valence-corrected chi connectivity index (χ3v) is 14.0. The van der Waals surface area contributed by atoms with Crippen molar-refractivity contribution in [1.82, 2.24) is 0 Å². The molecule has 0 aliphatic heterocycles. The van der Waals surface area contributed by atoms with E-state index in [0.29, 0.717) is 0 Å². The summed E-state index contributed by atoms with van der Waals surface area (Å²) in [6.45, 7) is 0. The Morgan fingerprint density at radius 2 is 0.797 bits per heavy atom. The van der Waals surface area contributed by atoms with Crippen molar-refractivity contribution >= 4 is 74.6 Å². The van der Waals surface area contributed by atoms with Gasteiger partial charge in [0.15, 0.2) is 0 Å². The molecule has 0 bridgehead atoms. The van der Waals surface area contributed by atoms with E-state index < -0.39 is 0 Å². The van der Waals surface area contributed by atoms with Crippen molar-refractivity contribution in [3.8, 4) is 66.8 Å². The Balaban J connectivity index is 1.16. The predicted octanol–water partition coefficient (Wildman–Crippen LogP) is 17.0. The topological polar surface area (TPSA) is 0 Å². The predicted molar refractivity (Wildman–Crippen MR) is 256 cm³/mol. The summed E-state index contributed by atoms with van der Waals surface area (Å²) in [5.74, 6) is 0. The molecule has 59 heavy (non-hydrogen) atoms. The van der Waals surface area contributed by atoms with Crippen LogP contribution in [0.15, 0.2) is 206 Å². The lowest BCUT2D eigenvalue weighted by atomic mass is 9.82. The summed E-state index contributed by atoms with van der Waals surface area (Å²) in [7, 11) is 0. The van der Waals surface area contributed by atoms with Gasteiger partial charge in [-0.2, -0.15) is 0 Å². The quantitative estimate of drug-likeness (QED) is 0.167. The summed E-state index contributed by atoms with van der Waals surface area (Å²) < 4.78 is 2.65. The Labute approximate surface area is 345 Å². The van der Waals surface area contributed by atoms with E-state index >= 15 is 0 Å². The molecule has 0 saturated carbocycles. The molecule has 0 unspecified atom stereocenters. The molecule has 0 spiro atoms. The molecule has 13 rings (SSSR count). The SMILES string of the molecule is c1ccc(-c2cc(-c3ccc4c5c(cccc35)-c3c-4c(-c4ccc5ccccc5c4)c4ccccc4c3-c3ccc4ccccc4c3)c3sc4ccccc4c3c2)cc1. The zero-order valence-electron chi connectivity index (χ0n) is 32.0. The van der Waals surface area contributed by atoms with Crippen LogP contribution in [0.2, 0.25) is 0 Å². The molecular formula is C58H34S. The molecular weight excluding hydrogens is 729 g/mol. The van der Waals surface area contributed by atoms with Crippen molar-refractivity contribution in [3.05, 3.63) is 206 Å². The molecule has 0 saturated heterocycles. The molecule has 0 N–H and O–H groups in total. The lowest BCUT2D eigenvalue weighted by Gasteiger charge is -2.21. The van der Waals surface area contributed by atoms with Crippen LogP contribution in [0, 0.1) is 0 Å². The fourth-order valence-corrected chi connectivity index (χ4v) is 11.4. The Kier molecular flexibility index (Phi) is 6.98. The van der Waals surface area contributed by atoms with Crippen LogP contribution in [0.1, 0.15) is 0 Å². The highest BCUT2D eigenvalue weighted by atomic mass is 32.1. The third kappa shape index (κ3) is 4.83. The highest BCUT2D eigenvalue weighted by Crippen LogP contribution is 2.59. The second-order valence-electron chi connectivity index (χ2n) is 15.9. The van der Waals surface area contributed by atoms with Crippen LogP contribution in [-0.4, -0.2) is 0 Å². The van der Waals surface area contributed by atoms with Crippen molar-refractivity contribution < 1.29 is 0 Å². The van der Waals surface area contributed by atoms with Crippen LogP contribution >= 0.6 is 11.3 Å². The summed E-state index contributed by atoms with van der Waals surface area (Å²) in [4.78, 5) is 0. The molecule has 1 heteroatoms. The number of rotatable bonds is 4. The summed E-state index contributed by atoms with van der Waals surface area (Å²) in [5, 5.41) is 12.8. The van der Waals surface area contributed by atoms with E-state index in [2.05, 4.69) is 206 Å². The number of fused-ring (bicyclic) bond motifs is 9. The van der Waals surface area contributed by atoms with Gasteiger partial charge in [0.25, 0.3) is 0 Å². The second kappa shape index (κ2) is 12.6. The summed E-state index contributed by atoms with van der Waals surface area (Å²) in [6.07, 6.45) is 0. The van der Waals surface area contributed by atoms with E-state index in [1.165, 1.54) is 130 Å². The average Bonchev–Trinajstić information content (AvgIpc) is 3.85. The first-order chi connectivity index (χ1) is 29.3. The minimum atomic E-state index is 1.23. The van der Waals surface area contributed by atoms with Crippen LogP contribution in [0.5, 0.6) is 0 Å². The number of hydrogen-bond acceptors (Lipinski definition) is 1. The lowest BCUT2D eigenvalue weighted by Crippen LogP contribution is -1.94. The number of hydrogen-bond donors (Lipinski definition) is 0. The van der Waals surface area contributed by atoms with E-state index in [-0.39, 0.29) is 0 Å². The van der Waals surface area contributed by atoms with Crippen molar-refractivity contribution in [2.75, 3.05) is 0 Å². The van der Waals surface area contributed by atoms with Crippen molar-refractivity contribution in [1.29, 1.82) is 0 Å². The van der Waals surface area contributed by atoms with Crippen molar-refractivity contribution in [2.45, 2.75) is 0 Å². The zero-order valence-corrected chi connectivity index (χ0v) is 32.9. The van der Waals surface area contributed by atoms with Gasteiger partial charge in [-0.1, -0.05) is 176 Å². The Bertz CT molecular complexity index is 3580. The highest BCUT2D eigenvalue weighted by molar-refractivity contribution is 7.26. The van der Waals surface area contributed by atoms with Crippen LogP contribution < -0.4 is 0 Å². The Hall–Kier alpha value is -7.32. The number of thiophene rings is 1. The average molecular weight is 763 g/mol. The Morgan fingerprint density at radius 1 is 0.254 bits per heavy atom. The minimum absolute atomic E-state index is 1.23. The molecule has 1 aliphatic rings. The summed E-state index contributed by atoms with van der Waals surface area (Å²) in [5.41, 5.74) is 15.4. The zero-order chi connectivity index (χ0) is 38.6. The van der Waals surface area contributed by atoms with Gasteiger partial charge in [0.1, 0.15) is 0 Å². The fourth-order valence-electron chi connectivity index (χ4n) is 10.1. The van der Waals surface area contributed by atoms with Gasteiger partial charge in [-0.15, -0.1) is 11.3 Å². The van der Waals surface area contributed by atoms with E-state index in [1.54, 1.807) is 0 Å². The van der Waals surface area contributed by atoms with Gasteiger partial charge in [0.05, 0.1) is 0 Å². The van der Waals surface area contributed by atoms with Crippen molar-refractivity contribution in [2.24, 2.45) is 0 Å². The van der Waals surface area contributed by atoms with Gasteiger partial charge in [-0.3, -0.25) is 0 Å². The number of benzene rings is 11. The molecule has 12 aromatic rings. The first kappa shape index (κ1) is 32.7. The molecule has 11 aromatic carbocycles. The van der Waals surface area contributed by atoms with Crippen LogP contribution in [-0.2, 0) is 0 Å². The molecule has 272 valence electrons. The fraction of sp³-hybridized carbons (Fsp3) is 0. The first-order valence-electron chi connectivity index (χ1n) is 20.4. The molecule has 0 fully saturated rings. The normalized spacial score (nSPS) is 12.1. The second-order valence-corrected chi connectivity index (χ2v) is 17.0. The molecule has 0 amide bonds. The smallest absolute Gasteiger partial charge is 0.0434 e. The van der Waals surface area contributed by atoms with Gasteiger partial charge in [-0.05, 0) is 135 Å². The molecule has 1 heterocycles. The maximum atomic E-state index is 2.44. The van der Waals surface area contributed by atoms with Crippen LogP contribution in [0.25, 0.3) is 130 Å². The standard InChI is InChI=1S/C58H34S/c1-2-13-35(14-3-1)42-33-50(58-51(34-42)44-19-10-11-24-52(44)59-58)43-29-30-49-55-45(43)22-12-23-48(55)56-53(40-27-25-36-15-4-6-17-38(36)31-40)46-20-8-9-21-47(46)54(57(49)56)41-28-26-37-16-5-7-18-39(37)32-41/h1-34H. The lowest BCUT2D eigenvalue weighted by molar-refractivity contribution is 1.64. The van der Waals surface area contributed by atoms with Gasteiger partial charge in [-0.25, -0.2) is 0 Å². The van der Waals surface area contributed by atoms with E-state index in [4.69, 9.17) is 0 Å². The van der Waals surface area contributed by atoms with Crippen molar-refractivity contribution in [3.63, 3.8) is 0 Å². The molecule has 1 aliphatic carbocycles. The first-order valence-corrected chi connectivity index (χ1v) is 21.2. The largest absolute Gasteiger partial charge is 0.135 e. The van der Waals surface area contributed by atoms with Crippen LogP contribution in [0.4, 0.5) is 0 Å². The van der Waals surface area contributed by atoms with Crippen LogP contribution in [0.3, 0.4) is 0 Å². The molecule has 0 atom stereocenters. The summed E-state index contributed by atoms with van der Waals surface area (Å²) in [6, 6.07) is 77.1. The van der Waals surface area contributed by atoms with Gasteiger partial charge in [0.2, 0.25) is 0 Å². The van der Waals surface area contributed by atoms with E-state index in [9.17, 15) is 0 Å². The molecule has 1 aromatic heterocycles. The van der Waals surface area contributed by atoms with E-state index in [0.717, 1.165) is 0 Å². The van der Waals surface area contributed by atoms with E-state index in [1.807, 2.05) is 11.3 Å². The highest BCUT2D eigenvalue weighted by Gasteiger charge is 2.31. The maximum Gasteiger partial charge on any atom is 0.0434 e. The molecule has 0 radical (unpaired) electrons. The van der Waals surface area contributed by atoms with Gasteiger partial charge < -0.3 is 0 Å². The van der Waals surface area contributed by atoms with Gasteiger partial charge in [0, 0.05) is 25.7 Å². The minimum Gasteiger partial charge on any atom is -0.135 e.